The van der Waals surface area contributed by atoms with E-state index < -0.39 is 0 Å². The minimum atomic E-state index is 0.979. The molecule has 0 unspecified atom stereocenters. The summed E-state index contributed by atoms with van der Waals surface area (Å²) in [5.41, 5.74) is 1.35. The van der Waals surface area contributed by atoms with Crippen molar-refractivity contribution in [2.45, 2.75) is 45.6 Å². The maximum Gasteiger partial charge on any atom is 0.0205 e. The highest BCUT2D eigenvalue weighted by Crippen LogP contribution is 2.11. The lowest BCUT2D eigenvalue weighted by Crippen LogP contribution is -2.14. The SMILES string of the molecule is CCCCCCCNCc1cccc(Br)c1. The predicted molar refractivity (Wildman–Crippen MR) is 74.6 cm³/mol. The van der Waals surface area contributed by atoms with E-state index in [1.54, 1.807) is 0 Å². The molecule has 0 saturated carbocycles. The molecule has 0 bridgehead atoms. The minimum absolute atomic E-state index is 0.979. The van der Waals surface area contributed by atoms with Crippen LogP contribution in [-0.2, 0) is 6.54 Å². The molecule has 0 aliphatic carbocycles. The lowest BCUT2D eigenvalue weighted by atomic mass is 10.1. The fourth-order valence-corrected chi connectivity index (χ4v) is 2.18. The molecule has 0 heterocycles. The molecule has 1 aromatic rings. The van der Waals surface area contributed by atoms with Crippen LogP contribution >= 0.6 is 15.9 Å². The largest absolute Gasteiger partial charge is 0.313 e. The smallest absolute Gasteiger partial charge is 0.0205 e. The Kier molecular flexibility index (Phi) is 7.52. The number of nitrogens with one attached hydrogen (secondary N) is 1. The zero-order chi connectivity index (χ0) is 11.6. The van der Waals surface area contributed by atoms with Gasteiger partial charge in [0.2, 0.25) is 0 Å². The van der Waals surface area contributed by atoms with Crippen LogP contribution in [0.1, 0.15) is 44.6 Å². The molecule has 0 aliphatic rings. The van der Waals surface area contributed by atoms with Crippen LogP contribution in [0.15, 0.2) is 28.7 Å². The maximum atomic E-state index is 3.49. The van der Waals surface area contributed by atoms with Crippen molar-refractivity contribution in [1.82, 2.24) is 5.32 Å². The molecule has 2 heteroatoms. The van der Waals surface area contributed by atoms with Gasteiger partial charge >= 0.3 is 0 Å². The van der Waals surface area contributed by atoms with Gasteiger partial charge in [-0.3, -0.25) is 0 Å². The molecular formula is C14H22BrN. The van der Waals surface area contributed by atoms with E-state index in [2.05, 4.69) is 52.4 Å². The van der Waals surface area contributed by atoms with Gasteiger partial charge in [-0.2, -0.15) is 0 Å². The molecule has 0 atom stereocenters. The molecule has 0 radical (unpaired) electrons. The Morgan fingerprint density at radius 2 is 1.94 bits per heavy atom. The highest BCUT2D eigenvalue weighted by atomic mass is 79.9. The molecule has 0 fully saturated rings. The van der Waals surface area contributed by atoms with Gasteiger partial charge in [-0.05, 0) is 30.7 Å². The quantitative estimate of drug-likeness (QED) is 0.693. The van der Waals surface area contributed by atoms with E-state index in [4.69, 9.17) is 0 Å². The lowest BCUT2D eigenvalue weighted by Gasteiger charge is -2.05. The normalized spacial score (nSPS) is 10.6. The van der Waals surface area contributed by atoms with Gasteiger partial charge in [-0.1, -0.05) is 60.7 Å². The Hall–Kier alpha value is -0.340. The standard InChI is InChI=1S/C14H22BrN/c1-2-3-4-5-6-10-16-12-13-8-7-9-14(15)11-13/h7-9,11,16H,2-6,10,12H2,1H3. The number of unbranched alkanes of at least 4 members (excludes halogenated alkanes) is 4. The third-order valence-electron chi connectivity index (χ3n) is 2.68. The molecule has 0 aromatic heterocycles. The summed E-state index contributed by atoms with van der Waals surface area (Å²) in [6.07, 6.45) is 6.75. The Balaban J connectivity index is 2.03. The number of benzene rings is 1. The summed E-state index contributed by atoms with van der Waals surface area (Å²) in [4.78, 5) is 0. The first-order valence-electron chi connectivity index (χ1n) is 6.28. The molecule has 1 rings (SSSR count). The average molecular weight is 284 g/mol. The van der Waals surface area contributed by atoms with E-state index in [0.717, 1.165) is 17.6 Å². The van der Waals surface area contributed by atoms with Crippen molar-refractivity contribution in [2.75, 3.05) is 6.54 Å². The first-order valence-corrected chi connectivity index (χ1v) is 7.07. The van der Waals surface area contributed by atoms with Gasteiger partial charge in [-0.15, -0.1) is 0 Å². The molecule has 0 spiro atoms. The van der Waals surface area contributed by atoms with Crippen LogP contribution in [0.3, 0.4) is 0 Å². The van der Waals surface area contributed by atoms with Crippen molar-refractivity contribution in [1.29, 1.82) is 0 Å². The van der Waals surface area contributed by atoms with Gasteiger partial charge in [0, 0.05) is 11.0 Å². The van der Waals surface area contributed by atoms with Crippen molar-refractivity contribution < 1.29 is 0 Å². The molecule has 1 N–H and O–H groups in total. The molecule has 0 amide bonds. The van der Waals surface area contributed by atoms with Gasteiger partial charge < -0.3 is 5.32 Å². The van der Waals surface area contributed by atoms with Crippen LogP contribution < -0.4 is 5.32 Å². The second-order valence-electron chi connectivity index (χ2n) is 4.22. The van der Waals surface area contributed by atoms with Gasteiger partial charge in [-0.25, -0.2) is 0 Å². The Bertz CT molecular complexity index is 286. The zero-order valence-corrected chi connectivity index (χ0v) is 11.7. The van der Waals surface area contributed by atoms with Gasteiger partial charge in [0.15, 0.2) is 0 Å². The summed E-state index contributed by atoms with van der Waals surface area (Å²) in [5.74, 6) is 0. The first kappa shape index (κ1) is 13.7. The van der Waals surface area contributed by atoms with Gasteiger partial charge in [0.25, 0.3) is 0 Å². The number of rotatable bonds is 8. The van der Waals surface area contributed by atoms with Crippen LogP contribution in [0.2, 0.25) is 0 Å². The molecule has 0 aliphatic heterocycles. The third kappa shape index (κ3) is 6.29. The minimum Gasteiger partial charge on any atom is -0.313 e. The lowest BCUT2D eigenvalue weighted by molar-refractivity contribution is 0.583. The van der Waals surface area contributed by atoms with Crippen LogP contribution in [0.25, 0.3) is 0 Å². The van der Waals surface area contributed by atoms with E-state index in [0.29, 0.717) is 0 Å². The average Bonchev–Trinajstić information content (AvgIpc) is 2.28. The molecule has 16 heavy (non-hydrogen) atoms. The monoisotopic (exact) mass is 283 g/mol. The Morgan fingerprint density at radius 3 is 2.69 bits per heavy atom. The predicted octanol–water partition coefficient (Wildman–Crippen LogP) is 4.51. The van der Waals surface area contributed by atoms with Crippen LogP contribution in [-0.4, -0.2) is 6.54 Å². The van der Waals surface area contributed by atoms with Crippen molar-refractivity contribution >= 4 is 15.9 Å². The second kappa shape index (κ2) is 8.77. The molecule has 90 valence electrons. The van der Waals surface area contributed by atoms with E-state index >= 15 is 0 Å². The van der Waals surface area contributed by atoms with Crippen molar-refractivity contribution in [3.63, 3.8) is 0 Å². The van der Waals surface area contributed by atoms with E-state index in [9.17, 15) is 0 Å². The highest BCUT2D eigenvalue weighted by Gasteiger charge is 1.93. The summed E-state index contributed by atoms with van der Waals surface area (Å²) < 4.78 is 1.16. The van der Waals surface area contributed by atoms with E-state index in [1.165, 1.54) is 37.7 Å². The fourth-order valence-electron chi connectivity index (χ4n) is 1.73. The van der Waals surface area contributed by atoms with Gasteiger partial charge in [0.1, 0.15) is 0 Å². The molecule has 0 saturated heterocycles. The summed E-state index contributed by atoms with van der Waals surface area (Å²) >= 11 is 3.49. The second-order valence-corrected chi connectivity index (χ2v) is 5.14. The first-order chi connectivity index (χ1) is 7.83. The Morgan fingerprint density at radius 1 is 1.12 bits per heavy atom. The van der Waals surface area contributed by atoms with Crippen LogP contribution in [0, 0.1) is 0 Å². The zero-order valence-electron chi connectivity index (χ0n) is 10.1. The fraction of sp³-hybridized carbons (Fsp3) is 0.571. The number of halogens is 1. The van der Waals surface area contributed by atoms with Crippen molar-refractivity contribution in [3.05, 3.63) is 34.3 Å². The molecular weight excluding hydrogens is 262 g/mol. The highest BCUT2D eigenvalue weighted by molar-refractivity contribution is 9.10. The van der Waals surface area contributed by atoms with E-state index in [-0.39, 0.29) is 0 Å². The third-order valence-corrected chi connectivity index (χ3v) is 3.17. The van der Waals surface area contributed by atoms with Gasteiger partial charge in [0.05, 0.1) is 0 Å². The summed E-state index contributed by atoms with van der Waals surface area (Å²) in [6.45, 7) is 4.37. The van der Waals surface area contributed by atoms with Crippen molar-refractivity contribution in [2.24, 2.45) is 0 Å². The summed E-state index contributed by atoms with van der Waals surface area (Å²) in [6, 6.07) is 8.48. The number of hydrogen-bond donors (Lipinski definition) is 1. The van der Waals surface area contributed by atoms with Crippen LogP contribution in [0.4, 0.5) is 0 Å². The van der Waals surface area contributed by atoms with E-state index in [1.807, 2.05) is 0 Å². The van der Waals surface area contributed by atoms with Crippen LogP contribution in [0.5, 0.6) is 0 Å². The topological polar surface area (TPSA) is 12.0 Å². The number of hydrogen-bond acceptors (Lipinski definition) is 1. The molecule has 1 aromatic carbocycles. The van der Waals surface area contributed by atoms with Crippen molar-refractivity contribution in [3.8, 4) is 0 Å². The summed E-state index contributed by atoms with van der Waals surface area (Å²) in [7, 11) is 0. The summed E-state index contributed by atoms with van der Waals surface area (Å²) in [5, 5.41) is 3.48. The Labute approximate surface area is 108 Å². The molecule has 1 nitrogen and oxygen atoms in total. The maximum absolute atomic E-state index is 3.49.